The molecule has 0 amide bonds. The average Bonchev–Trinajstić information content (AvgIpc) is 2.46. The SMILES string of the molecule is COc1cccc(COc2ccc(CCl)cc2)c1. The van der Waals surface area contributed by atoms with Crippen molar-refractivity contribution in [3.05, 3.63) is 59.7 Å². The summed E-state index contributed by atoms with van der Waals surface area (Å²) in [5, 5.41) is 0. The van der Waals surface area contributed by atoms with Gasteiger partial charge in [-0.2, -0.15) is 0 Å². The third-order valence-electron chi connectivity index (χ3n) is 2.62. The molecule has 2 rings (SSSR count). The smallest absolute Gasteiger partial charge is 0.119 e. The number of ether oxygens (including phenoxy) is 2. The molecule has 0 spiro atoms. The van der Waals surface area contributed by atoms with Gasteiger partial charge in [0.05, 0.1) is 7.11 Å². The van der Waals surface area contributed by atoms with Crippen molar-refractivity contribution in [3.63, 3.8) is 0 Å². The van der Waals surface area contributed by atoms with Crippen molar-refractivity contribution in [2.24, 2.45) is 0 Å². The van der Waals surface area contributed by atoms with Crippen molar-refractivity contribution in [1.29, 1.82) is 0 Å². The molecule has 0 heterocycles. The molecule has 0 N–H and O–H groups in total. The van der Waals surface area contributed by atoms with Crippen molar-refractivity contribution in [2.45, 2.75) is 12.5 Å². The van der Waals surface area contributed by atoms with E-state index in [0.29, 0.717) is 12.5 Å². The molecule has 0 fully saturated rings. The van der Waals surface area contributed by atoms with Crippen molar-refractivity contribution >= 4 is 11.6 Å². The molecule has 2 aromatic rings. The minimum atomic E-state index is 0.524. The van der Waals surface area contributed by atoms with Gasteiger partial charge in [0, 0.05) is 5.88 Å². The Morgan fingerprint density at radius 1 is 0.944 bits per heavy atom. The molecule has 0 radical (unpaired) electrons. The number of alkyl halides is 1. The molecule has 0 aliphatic carbocycles. The molecule has 3 heteroatoms. The minimum Gasteiger partial charge on any atom is -0.497 e. The Balaban J connectivity index is 1.97. The molecule has 0 saturated heterocycles. The highest BCUT2D eigenvalue weighted by Crippen LogP contribution is 2.17. The van der Waals surface area contributed by atoms with Crippen LogP contribution in [0.3, 0.4) is 0 Å². The first-order chi connectivity index (χ1) is 8.81. The Kier molecular flexibility index (Phi) is 4.48. The van der Waals surface area contributed by atoms with Crippen LogP contribution in [0.5, 0.6) is 11.5 Å². The lowest BCUT2D eigenvalue weighted by Gasteiger charge is -2.08. The molecule has 0 bridgehead atoms. The van der Waals surface area contributed by atoms with E-state index in [4.69, 9.17) is 21.1 Å². The summed E-state index contributed by atoms with van der Waals surface area (Å²) < 4.78 is 10.9. The van der Waals surface area contributed by atoms with Crippen LogP contribution in [0.25, 0.3) is 0 Å². The Hall–Kier alpha value is -1.67. The summed E-state index contributed by atoms with van der Waals surface area (Å²) in [7, 11) is 1.66. The fourth-order valence-electron chi connectivity index (χ4n) is 1.60. The first kappa shape index (κ1) is 12.8. The van der Waals surface area contributed by atoms with Gasteiger partial charge in [0.25, 0.3) is 0 Å². The second kappa shape index (κ2) is 6.31. The summed E-state index contributed by atoms with van der Waals surface area (Å²) >= 11 is 5.73. The Labute approximate surface area is 112 Å². The van der Waals surface area contributed by atoms with Crippen LogP contribution >= 0.6 is 11.6 Å². The zero-order chi connectivity index (χ0) is 12.8. The molecule has 0 aliphatic heterocycles. The van der Waals surface area contributed by atoms with Gasteiger partial charge in [-0.15, -0.1) is 11.6 Å². The second-order valence-electron chi connectivity index (χ2n) is 3.92. The Bertz CT molecular complexity index is 494. The summed E-state index contributed by atoms with van der Waals surface area (Å²) in [6, 6.07) is 15.6. The van der Waals surface area contributed by atoms with E-state index in [0.717, 1.165) is 22.6 Å². The molecule has 0 unspecified atom stereocenters. The van der Waals surface area contributed by atoms with Crippen LogP contribution in [0.15, 0.2) is 48.5 Å². The molecular formula is C15H15ClO2. The summed E-state index contributed by atoms with van der Waals surface area (Å²) in [5.74, 6) is 2.20. The fraction of sp³-hybridized carbons (Fsp3) is 0.200. The number of rotatable bonds is 5. The van der Waals surface area contributed by atoms with E-state index in [2.05, 4.69) is 0 Å². The monoisotopic (exact) mass is 262 g/mol. The zero-order valence-electron chi connectivity index (χ0n) is 10.2. The van der Waals surface area contributed by atoms with Crippen LogP contribution in [0, 0.1) is 0 Å². The van der Waals surface area contributed by atoms with E-state index in [-0.39, 0.29) is 0 Å². The highest BCUT2D eigenvalue weighted by atomic mass is 35.5. The van der Waals surface area contributed by atoms with Gasteiger partial charge in [-0.3, -0.25) is 0 Å². The number of halogens is 1. The Morgan fingerprint density at radius 2 is 1.72 bits per heavy atom. The van der Waals surface area contributed by atoms with E-state index in [1.165, 1.54) is 0 Å². The summed E-state index contributed by atoms with van der Waals surface area (Å²) in [6.45, 7) is 0.525. The summed E-state index contributed by atoms with van der Waals surface area (Å²) in [6.07, 6.45) is 0. The maximum Gasteiger partial charge on any atom is 0.119 e. The predicted molar refractivity (Wildman–Crippen MR) is 73.3 cm³/mol. The summed E-state index contributed by atoms with van der Waals surface area (Å²) in [4.78, 5) is 0. The number of benzene rings is 2. The van der Waals surface area contributed by atoms with E-state index in [1.807, 2.05) is 48.5 Å². The van der Waals surface area contributed by atoms with Crippen molar-refractivity contribution in [3.8, 4) is 11.5 Å². The molecule has 0 atom stereocenters. The standard InChI is InChI=1S/C15H15ClO2/c1-17-15-4-2-3-13(9-15)11-18-14-7-5-12(10-16)6-8-14/h2-9H,10-11H2,1H3. The quantitative estimate of drug-likeness (QED) is 0.758. The number of hydrogen-bond donors (Lipinski definition) is 0. The molecule has 0 saturated carbocycles. The van der Waals surface area contributed by atoms with Crippen molar-refractivity contribution in [1.82, 2.24) is 0 Å². The highest BCUT2D eigenvalue weighted by molar-refractivity contribution is 6.17. The lowest BCUT2D eigenvalue weighted by atomic mass is 10.2. The molecule has 2 nitrogen and oxygen atoms in total. The molecule has 2 aromatic carbocycles. The molecule has 94 valence electrons. The number of methoxy groups -OCH3 is 1. The van der Waals surface area contributed by atoms with Crippen LogP contribution in [0.2, 0.25) is 0 Å². The second-order valence-corrected chi connectivity index (χ2v) is 4.19. The van der Waals surface area contributed by atoms with Gasteiger partial charge in [0.15, 0.2) is 0 Å². The molecule has 0 aliphatic rings. The van der Waals surface area contributed by atoms with Crippen LogP contribution in [-0.4, -0.2) is 7.11 Å². The zero-order valence-corrected chi connectivity index (χ0v) is 11.0. The molecule has 0 aromatic heterocycles. The van der Waals surface area contributed by atoms with Gasteiger partial charge >= 0.3 is 0 Å². The van der Waals surface area contributed by atoms with Crippen LogP contribution in [-0.2, 0) is 12.5 Å². The first-order valence-corrected chi connectivity index (χ1v) is 6.26. The normalized spacial score (nSPS) is 10.1. The largest absolute Gasteiger partial charge is 0.497 e. The van der Waals surface area contributed by atoms with E-state index in [1.54, 1.807) is 7.11 Å². The lowest BCUT2D eigenvalue weighted by Crippen LogP contribution is -1.96. The fourth-order valence-corrected chi connectivity index (χ4v) is 1.78. The lowest BCUT2D eigenvalue weighted by molar-refractivity contribution is 0.305. The van der Waals surface area contributed by atoms with E-state index >= 15 is 0 Å². The Morgan fingerprint density at radius 3 is 2.39 bits per heavy atom. The van der Waals surface area contributed by atoms with Gasteiger partial charge in [0.1, 0.15) is 18.1 Å². The first-order valence-electron chi connectivity index (χ1n) is 5.72. The van der Waals surface area contributed by atoms with E-state index in [9.17, 15) is 0 Å². The van der Waals surface area contributed by atoms with Crippen LogP contribution in [0.4, 0.5) is 0 Å². The third kappa shape index (κ3) is 3.41. The molecular weight excluding hydrogens is 248 g/mol. The summed E-state index contributed by atoms with van der Waals surface area (Å²) in [5.41, 5.74) is 2.17. The van der Waals surface area contributed by atoms with Gasteiger partial charge in [-0.25, -0.2) is 0 Å². The minimum absolute atomic E-state index is 0.524. The van der Waals surface area contributed by atoms with E-state index < -0.39 is 0 Å². The van der Waals surface area contributed by atoms with Gasteiger partial charge in [-0.05, 0) is 35.4 Å². The topological polar surface area (TPSA) is 18.5 Å². The maximum absolute atomic E-state index is 5.73. The van der Waals surface area contributed by atoms with Gasteiger partial charge in [0.2, 0.25) is 0 Å². The van der Waals surface area contributed by atoms with Crippen molar-refractivity contribution in [2.75, 3.05) is 7.11 Å². The van der Waals surface area contributed by atoms with Gasteiger partial charge < -0.3 is 9.47 Å². The van der Waals surface area contributed by atoms with Gasteiger partial charge in [-0.1, -0.05) is 24.3 Å². The van der Waals surface area contributed by atoms with Crippen molar-refractivity contribution < 1.29 is 9.47 Å². The number of hydrogen-bond acceptors (Lipinski definition) is 2. The maximum atomic E-state index is 5.73. The highest BCUT2D eigenvalue weighted by Gasteiger charge is 1.98. The third-order valence-corrected chi connectivity index (χ3v) is 2.93. The van der Waals surface area contributed by atoms with Crippen LogP contribution in [0.1, 0.15) is 11.1 Å². The van der Waals surface area contributed by atoms with Crippen LogP contribution < -0.4 is 9.47 Å². The molecule has 18 heavy (non-hydrogen) atoms. The predicted octanol–water partition coefficient (Wildman–Crippen LogP) is 4.01. The average molecular weight is 263 g/mol.